The first-order valence-electron chi connectivity index (χ1n) is 7.97. The first-order chi connectivity index (χ1) is 11.3. The topological polar surface area (TPSA) is 47.6 Å². The van der Waals surface area contributed by atoms with E-state index in [2.05, 4.69) is 16.8 Å². The van der Waals surface area contributed by atoms with E-state index in [0.29, 0.717) is 13.0 Å². The molecule has 1 aliphatic rings. The lowest BCUT2D eigenvalue weighted by atomic mass is 10.2. The molecule has 0 bridgehead atoms. The van der Waals surface area contributed by atoms with Gasteiger partial charge in [0, 0.05) is 17.7 Å². The average Bonchev–Trinajstić information content (AvgIpc) is 3.23. The Labute approximate surface area is 140 Å². The summed E-state index contributed by atoms with van der Waals surface area (Å²) in [6.45, 7) is 1.35. The van der Waals surface area contributed by atoms with Crippen LogP contribution in [0.2, 0.25) is 0 Å². The highest BCUT2D eigenvalue weighted by Crippen LogP contribution is 2.26. The molecule has 1 saturated heterocycles. The van der Waals surface area contributed by atoms with E-state index in [1.54, 1.807) is 11.3 Å². The summed E-state index contributed by atoms with van der Waals surface area (Å²) >= 11 is 1.74. The maximum absolute atomic E-state index is 12.1. The Kier molecular flexibility index (Phi) is 5.66. The number of carbonyl (C=O) groups excluding carboxylic acids is 1. The SMILES string of the molecule is O=C(CCCc1cccs1)Nc1ccccc1OC1CCOC1. The van der Waals surface area contributed by atoms with Gasteiger partial charge in [-0.15, -0.1) is 11.3 Å². The zero-order valence-electron chi connectivity index (χ0n) is 13.0. The van der Waals surface area contributed by atoms with E-state index in [1.165, 1.54) is 4.88 Å². The summed E-state index contributed by atoms with van der Waals surface area (Å²) in [4.78, 5) is 13.5. The summed E-state index contributed by atoms with van der Waals surface area (Å²) in [5.41, 5.74) is 0.737. The maximum atomic E-state index is 12.1. The molecule has 1 N–H and O–H groups in total. The fraction of sp³-hybridized carbons (Fsp3) is 0.389. The lowest BCUT2D eigenvalue weighted by Crippen LogP contribution is -2.18. The third-order valence-corrected chi connectivity index (χ3v) is 4.69. The van der Waals surface area contributed by atoms with Gasteiger partial charge < -0.3 is 14.8 Å². The molecule has 1 aromatic heterocycles. The van der Waals surface area contributed by atoms with Gasteiger partial charge >= 0.3 is 0 Å². The third kappa shape index (κ3) is 4.81. The highest BCUT2D eigenvalue weighted by Gasteiger charge is 2.18. The van der Waals surface area contributed by atoms with Crippen molar-refractivity contribution in [3.63, 3.8) is 0 Å². The van der Waals surface area contributed by atoms with Crippen molar-refractivity contribution >= 4 is 22.9 Å². The summed E-state index contributed by atoms with van der Waals surface area (Å²) in [5, 5.41) is 5.03. The van der Waals surface area contributed by atoms with Gasteiger partial charge in [0.05, 0.1) is 18.9 Å². The molecule has 1 fully saturated rings. The van der Waals surface area contributed by atoms with Crippen LogP contribution in [0, 0.1) is 0 Å². The Hall–Kier alpha value is -1.85. The maximum Gasteiger partial charge on any atom is 0.224 e. The van der Waals surface area contributed by atoms with E-state index >= 15 is 0 Å². The van der Waals surface area contributed by atoms with Gasteiger partial charge in [-0.2, -0.15) is 0 Å². The van der Waals surface area contributed by atoms with Crippen LogP contribution in [0.4, 0.5) is 5.69 Å². The van der Waals surface area contributed by atoms with Gasteiger partial charge in [-0.3, -0.25) is 4.79 Å². The molecule has 122 valence electrons. The van der Waals surface area contributed by atoms with Crippen molar-refractivity contribution < 1.29 is 14.3 Å². The van der Waals surface area contributed by atoms with Crippen LogP contribution in [0.15, 0.2) is 41.8 Å². The molecule has 2 aromatic rings. The molecule has 2 heterocycles. The minimum absolute atomic E-state index is 0.0280. The van der Waals surface area contributed by atoms with Gasteiger partial charge in [0.2, 0.25) is 5.91 Å². The molecule has 0 saturated carbocycles. The van der Waals surface area contributed by atoms with Crippen LogP contribution >= 0.6 is 11.3 Å². The second-order valence-electron chi connectivity index (χ2n) is 5.58. The number of thiophene rings is 1. The minimum Gasteiger partial charge on any atom is -0.486 e. The van der Waals surface area contributed by atoms with Gasteiger partial charge in [-0.05, 0) is 36.4 Å². The molecule has 1 atom stereocenters. The zero-order chi connectivity index (χ0) is 15.9. The molecule has 4 nitrogen and oxygen atoms in total. The Morgan fingerprint density at radius 1 is 1.30 bits per heavy atom. The number of para-hydroxylation sites is 2. The summed E-state index contributed by atoms with van der Waals surface area (Å²) in [6, 6.07) is 11.7. The average molecular weight is 331 g/mol. The fourth-order valence-corrected chi connectivity index (χ4v) is 3.30. The van der Waals surface area contributed by atoms with Crippen molar-refractivity contribution in [1.82, 2.24) is 0 Å². The molecule has 1 aliphatic heterocycles. The number of nitrogens with one attached hydrogen (secondary N) is 1. The number of ether oxygens (including phenoxy) is 2. The van der Waals surface area contributed by atoms with Gasteiger partial charge in [0.25, 0.3) is 0 Å². The highest BCUT2D eigenvalue weighted by molar-refractivity contribution is 7.09. The van der Waals surface area contributed by atoms with Crippen molar-refractivity contribution in [3.05, 3.63) is 46.7 Å². The van der Waals surface area contributed by atoms with E-state index < -0.39 is 0 Å². The quantitative estimate of drug-likeness (QED) is 0.837. The van der Waals surface area contributed by atoms with E-state index in [4.69, 9.17) is 9.47 Å². The number of carbonyl (C=O) groups is 1. The van der Waals surface area contributed by atoms with E-state index in [9.17, 15) is 4.79 Å². The summed E-state index contributed by atoms with van der Waals surface area (Å²) in [7, 11) is 0. The lowest BCUT2D eigenvalue weighted by Gasteiger charge is -2.16. The van der Waals surface area contributed by atoms with Crippen molar-refractivity contribution in [1.29, 1.82) is 0 Å². The van der Waals surface area contributed by atoms with Crippen LogP contribution in [-0.2, 0) is 16.0 Å². The van der Waals surface area contributed by atoms with Crippen LogP contribution in [0.1, 0.15) is 24.1 Å². The largest absolute Gasteiger partial charge is 0.486 e. The Bertz CT molecular complexity index is 621. The van der Waals surface area contributed by atoms with Crippen LogP contribution < -0.4 is 10.1 Å². The zero-order valence-corrected chi connectivity index (χ0v) is 13.8. The standard InChI is InChI=1S/C18H21NO3S/c20-18(9-3-5-15-6-4-12-23-15)19-16-7-1-2-8-17(16)22-14-10-11-21-13-14/h1-2,4,6-8,12,14H,3,5,9-11,13H2,(H,19,20). The first kappa shape index (κ1) is 16.0. The number of aryl methyl sites for hydroxylation is 1. The van der Waals surface area contributed by atoms with Gasteiger partial charge in [-0.1, -0.05) is 18.2 Å². The van der Waals surface area contributed by atoms with Gasteiger partial charge in [-0.25, -0.2) is 0 Å². The third-order valence-electron chi connectivity index (χ3n) is 3.75. The van der Waals surface area contributed by atoms with E-state index in [0.717, 1.165) is 37.3 Å². The molecule has 1 amide bonds. The Morgan fingerprint density at radius 3 is 3.00 bits per heavy atom. The monoisotopic (exact) mass is 331 g/mol. The van der Waals surface area contributed by atoms with Gasteiger partial charge in [0.1, 0.15) is 11.9 Å². The van der Waals surface area contributed by atoms with E-state index in [-0.39, 0.29) is 12.0 Å². The number of benzene rings is 1. The Morgan fingerprint density at radius 2 is 2.22 bits per heavy atom. The molecular formula is C18H21NO3S. The molecule has 3 rings (SSSR count). The van der Waals surface area contributed by atoms with Crippen LogP contribution in [0.25, 0.3) is 0 Å². The van der Waals surface area contributed by atoms with Crippen molar-refractivity contribution in [3.8, 4) is 5.75 Å². The normalized spacial score (nSPS) is 17.1. The van der Waals surface area contributed by atoms with Crippen LogP contribution in [0.5, 0.6) is 5.75 Å². The molecule has 0 spiro atoms. The van der Waals surface area contributed by atoms with E-state index in [1.807, 2.05) is 30.3 Å². The van der Waals surface area contributed by atoms with Crippen LogP contribution in [0.3, 0.4) is 0 Å². The smallest absolute Gasteiger partial charge is 0.224 e. The number of rotatable bonds is 7. The number of amides is 1. The molecule has 1 aromatic carbocycles. The van der Waals surface area contributed by atoms with Crippen molar-refractivity contribution in [2.45, 2.75) is 31.8 Å². The number of hydrogen-bond acceptors (Lipinski definition) is 4. The number of anilines is 1. The predicted octanol–water partition coefficient (Wildman–Crippen LogP) is 3.88. The molecule has 5 heteroatoms. The molecule has 1 unspecified atom stereocenters. The molecule has 0 radical (unpaired) electrons. The Balaban J connectivity index is 1.51. The molecule has 23 heavy (non-hydrogen) atoms. The van der Waals surface area contributed by atoms with Gasteiger partial charge in [0.15, 0.2) is 0 Å². The number of hydrogen-bond donors (Lipinski definition) is 1. The van der Waals surface area contributed by atoms with Crippen molar-refractivity contribution in [2.75, 3.05) is 18.5 Å². The predicted molar refractivity (Wildman–Crippen MR) is 92.2 cm³/mol. The second-order valence-corrected chi connectivity index (χ2v) is 6.61. The molecular weight excluding hydrogens is 310 g/mol. The first-order valence-corrected chi connectivity index (χ1v) is 8.85. The molecule has 0 aliphatic carbocycles. The summed E-state index contributed by atoms with van der Waals surface area (Å²) in [6.07, 6.45) is 3.28. The minimum atomic E-state index is 0.0280. The summed E-state index contributed by atoms with van der Waals surface area (Å²) in [5.74, 6) is 0.745. The lowest BCUT2D eigenvalue weighted by molar-refractivity contribution is -0.116. The van der Waals surface area contributed by atoms with Crippen molar-refractivity contribution in [2.24, 2.45) is 0 Å². The van der Waals surface area contributed by atoms with Crippen LogP contribution in [-0.4, -0.2) is 25.2 Å². The summed E-state index contributed by atoms with van der Waals surface area (Å²) < 4.78 is 11.3. The fourth-order valence-electron chi connectivity index (χ4n) is 2.55. The highest BCUT2D eigenvalue weighted by atomic mass is 32.1. The second kappa shape index (κ2) is 8.13.